The molecule has 124 valence electrons. The third-order valence-electron chi connectivity index (χ3n) is 3.92. The average Bonchev–Trinajstić information content (AvgIpc) is 2.71. The van der Waals surface area contributed by atoms with Crippen LogP contribution in [-0.2, 0) is 16.0 Å². The van der Waals surface area contributed by atoms with Gasteiger partial charge in [-0.3, -0.25) is 9.59 Å². The van der Waals surface area contributed by atoms with Crippen LogP contribution in [0.4, 0.5) is 20.2 Å². The zero-order valence-electron chi connectivity index (χ0n) is 12.9. The van der Waals surface area contributed by atoms with E-state index in [-0.39, 0.29) is 18.1 Å². The molecular formula is C18H16F2N2O2. The molecule has 2 amide bonds. The van der Waals surface area contributed by atoms with Gasteiger partial charge in [0.05, 0.1) is 5.69 Å². The van der Waals surface area contributed by atoms with Gasteiger partial charge in [-0.25, -0.2) is 8.78 Å². The van der Waals surface area contributed by atoms with Crippen LogP contribution < -0.4 is 10.2 Å². The fraction of sp³-hybridized carbons (Fsp3) is 0.222. The van der Waals surface area contributed by atoms with Gasteiger partial charge in [-0.05, 0) is 36.6 Å². The van der Waals surface area contributed by atoms with Crippen LogP contribution in [-0.4, -0.2) is 18.4 Å². The van der Waals surface area contributed by atoms with Crippen molar-refractivity contribution in [3.05, 3.63) is 59.7 Å². The van der Waals surface area contributed by atoms with Gasteiger partial charge < -0.3 is 10.2 Å². The van der Waals surface area contributed by atoms with Gasteiger partial charge >= 0.3 is 0 Å². The van der Waals surface area contributed by atoms with E-state index in [1.54, 1.807) is 12.1 Å². The van der Waals surface area contributed by atoms with Crippen molar-refractivity contribution in [2.75, 3.05) is 16.8 Å². The summed E-state index contributed by atoms with van der Waals surface area (Å²) in [6, 6.07) is 10.2. The summed E-state index contributed by atoms with van der Waals surface area (Å²) in [5.74, 6) is -2.12. The van der Waals surface area contributed by atoms with E-state index >= 15 is 0 Å². The molecule has 24 heavy (non-hydrogen) atoms. The van der Waals surface area contributed by atoms with Crippen LogP contribution in [0, 0.1) is 11.6 Å². The number of hydrogen-bond donors (Lipinski definition) is 1. The van der Waals surface area contributed by atoms with Gasteiger partial charge in [0, 0.05) is 18.2 Å². The fourth-order valence-electron chi connectivity index (χ4n) is 2.78. The number of carbonyl (C=O) groups is 2. The van der Waals surface area contributed by atoms with Gasteiger partial charge in [0.2, 0.25) is 11.8 Å². The highest BCUT2D eigenvalue weighted by atomic mass is 19.1. The smallest absolute Gasteiger partial charge is 0.244 e. The van der Waals surface area contributed by atoms with Crippen LogP contribution in [0.25, 0.3) is 0 Å². The largest absolute Gasteiger partial charge is 0.322 e. The topological polar surface area (TPSA) is 49.4 Å². The minimum absolute atomic E-state index is 0.158. The van der Waals surface area contributed by atoms with Crippen LogP contribution in [0.5, 0.6) is 0 Å². The standard InChI is InChI=1S/C18H16F2N2O2/c19-13-8-9-14(20)15(10-13)21-17(23)11-22-16-6-2-1-4-12(16)5-3-7-18(22)24/h1-2,4,6,8-10H,3,5,7,11H2,(H,21,23). The lowest BCUT2D eigenvalue weighted by molar-refractivity contribution is -0.121. The predicted molar refractivity (Wildman–Crippen MR) is 86.7 cm³/mol. The van der Waals surface area contributed by atoms with Crippen LogP contribution >= 0.6 is 0 Å². The molecule has 0 saturated carbocycles. The first-order valence-corrected chi connectivity index (χ1v) is 7.68. The molecule has 1 aliphatic heterocycles. The second-order valence-electron chi connectivity index (χ2n) is 5.63. The molecule has 0 saturated heterocycles. The van der Waals surface area contributed by atoms with Crippen LogP contribution in [0.15, 0.2) is 42.5 Å². The Morgan fingerprint density at radius 2 is 1.92 bits per heavy atom. The van der Waals surface area contributed by atoms with Crippen molar-refractivity contribution in [3.8, 4) is 0 Å². The molecule has 2 aromatic rings. The van der Waals surface area contributed by atoms with Crippen molar-refractivity contribution in [3.63, 3.8) is 0 Å². The van der Waals surface area contributed by atoms with Gasteiger partial charge in [0.15, 0.2) is 0 Å². The number of halogens is 2. The number of nitrogens with zero attached hydrogens (tertiary/aromatic N) is 1. The molecule has 0 atom stereocenters. The minimum Gasteiger partial charge on any atom is -0.322 e. The quantitative estimate of drug-likeness (QED) is 0.939. The first-order chi connectivity index (χ1) is 11.5. The maximum Gasteiger partial charge on any atom is 0.244 e. The van der Waals surface area contributed by atoms with E-state index in [4.69, 9.17) is 0 Å². The number of hydrogen-bond acceptors (Lipinski definition) is 2. The first kappa shape index (κ1) is 16.1. The van der Waals surface area contributed by atoms with Gasteiger partial charge in [0.25, 0.3) is 0 Å². The highest BCUT2D eigenvalue weighted by molar-refractivity contribution is 6.03. The molecule has 0 fully saturated rings. The Balaban J connectivity index is 1.80. The number of anilines is 2. The molecule has 2 aromatic carbocycles. The number of benzene rings is 2. The Kier molecular flexibility index (Phi) is 4.55. The van der Waals surface area contributed by atoms with Crippen molar-refractivity contribution in [2.24, 2.45) is 0 Å². The maximum absolute atomic E-state index is 13.6. The summed E-state index contributed by atoms with van der Waals surface area (Å²) in [4.78, 5) is 25.9. The molecule has 4 nitrogen and oxygen atoms in total. The molecule has 0 spiro atoms. The second kappa shape index (κ2) is 6.78. The normalized spacial score (nSPS) is 14.1. The number of carbonyl (C=O) groups excluding carboxylic acids is 2. The third-order valence-corrected chi connectivity index (χ3v) is 3.92. The molecule has 1 N–H and O–H groups in total. The first-order valence-electron chi connectivity index (χ1n) is 7.68. The highest BCUT2D eigenvalue weighted by Gasteiger charge is 2.24. The van der Waals surface area contributed by atoms with Gasteiger partial charge in [0.1, 0.15) is 18.2 Å². The zero-order valence-corrected chi connectivity index (χ0v) is 12.9. The van der Waals surface area contributed by atoms with Gasteiger partial charge in [-0.15, -0.1) is 0 Å². The van der Waals surface area contributed by atoms with E-state index < -0.39 is 17.5 Å². The van der Waals surface area contributed by atoms with Crippen molar-refractivity contribution >= 4 is 23.2 Å². The van der Waals surface area contributed by atoms with Crippen molar-refractivity contribution in [2.45, 2.75) is 19.3 Å². The number of fused-ring (bicyclic) bond motifs is 1. The van der Waals surface area contributed by atoms with E-state index in [0.717, 1.165) is 30.2 Å². The van der Waals surface area contributed by atoms with Crippen molar-refractivity contribution in [1.29, 1.82) is 0 Å². The van der Waals surface area contributed by atoms with Gasteiger partial charge in [-0.2, -0.15) is 0 Å². The van der Waals surface area contributed by atoms with E-state index in [2.05, 4.69) is 5.32 Å². The van der Waals surface area contributed by atoms with Crippen LogP contribution in [0.1, 0.15) is 18.4 Å². The lowest BCUT2D eigenvalue weighted by Gasteiger charge is -2.22. The molecule has 0 radical (unpaired) electrons. The van der Waals surface area contributed by atoms with Crippen LogP contribution in [0.3, 0.4) is 0 Å². The molecule has 3 rings (SSSR count). The summed E-state index contributed by atoms with van der Waals surface area (Å²) >= 11 is 0. The molecule has 0 unspecified atom stereocenters. The molecule has 1 heterocycles. The minimum atomic E-state index is -0.729. The number of para-hydroxylation sites is 1. The summed E-state index contributed by atoms with van der Waals surface area (Å²) in [6.07, 6.45) is 1.82. The maximum atomic E-state index is 13.6. The monoisotopic (exact) mass is 330 g/mol. The fourth-order valence-corrected chi connectivity index (χ4v) is 2.78. The summed E-state index contributed by atoms with van der Waals surface area (Å²) in [5.41, 5.74) is 1.44. The Morgan fingerprint density at radius 3 is 2.75 bits per heavy atom. The number of aryl methyl sites for hydroxylation is 1. The lowest BCUT2D eigenvalue weighted by atomic mass is 10.1. The number of rotatable bonds is 3. The molecule has 0 aromatic heterocycles. The number of amides is 2. The Labute approximate surface area is 138 Å². The Hall–Kier alpha value is -2.76. The van der Waals surface area contributed by atoms with E-state index in [0.29, 0.717) is 18.5 Å². The molecular weight excluding hydrogens is 314 g/mol. The lowest BCUT2D eigenvalue weighted by Crippen LogP contribution is -2.37. The summed E-state index contributed by atoms with van der Waals surface area (Å²) < 4.78 is 26.8. The summed E-state index contributed by atoms with van der Waals surface area (Å²) in [5, 5.41) is 2.32. The van der Waals surface area contributed by atoms with Crippen molar-refractivity contribution < 1.29 is 18.4 Å². The summed E-state index contributed by atoms with van der Waals surface area (Å²) in [7, 11) is 0. The second-order valence-corrected chi connectivity index (χ2v) is 5.63. The molecule has 1 aliphatic rings. The molecule has 6 heteroatoms. The summed E-state index contributed by atoms with van der Waals surface area (Å²) in [6.45, 7) is -0.244. The Bertz CT molecular complexity index is 792. The predicted octanol–water partition coefficient (Wildman–Crippen LogP) is 3.27. The van der Waals surface area contributed by atoms with Crippen molar-refractivity contribution in [1.82, 2.24) is 0 Å². The van der Waals surface area contributed by atoms with Gasteiger partial charge in [-0.1, -0.05) is 18.2 Å². The SMILES string of the molecule is O=C(CN1C(=O)CCCc2ccccc21)Nc1cc(F)ccc1F. The van der Waals surface area contributed by atoms with E-state index in [9.17, 15) is 18.4 Å². The third kappa shape index (κ3) is 3.42. The number of nitrogens with one attached hydrogen (secondary N) is 1. The molecule has 0 bridgehead atoms. The van der Waals surface area contributed by atoms with E-state index in [1.165, 1.54) is 4.90 Å². The molecule has 0 aliphatic carbocycles. The van der Waals surface area contributed by atoms with E-state index in [1.807, 2.05) is 12.1 Å². The zero-order chi connectivity index (χ0) is 17.1. The highest BCUT2D eigenvalue weighted by Crippen LogP contribution is 2.26. The Morgan fingerprint density at radius 1 is 1.12 bits per heavy atom. The van der Waals surface area contributed by atoms with Crippen LogP contribution in [0.2, 0.25) is 0 Å². The average molecular weight is 330 g/mol.